The van der Waals surface area contributed by atoms with Crippen molar-refractivity contribution in [2.24, 2.45) is 0 Å². The second-order valence-corrected chi connectivity index (χ2v) is 5.18. The average Bonchev–Trinajstić information content (AvgIpc) is 2.47. The number of nitrogens with zero attached hydrogens (tertiary/aromatic N) is 1. The molecule has 21 heavy (non-hydrogen) atoms. The van der Waals surface area contributed by atoms with Gasteiger partial charge in [-0.25, -0.2) is 4.39 Å². The Morgan fingerprint density at radius 2 is 1.95 bits per heavy atom. The molecular formula is C17H21FN2O. The van der Waals surface area contributed by atoms with Gasteiger partial charge in [0.15, 0.2) is 11.6 Å². The quantitative estimate of drug-likeness (QED) is 0.905. The van der Waals surface area contributed by atoms with Crippen molar-refractivity contribution in [3.05, 3.63) is 53.3 Å². The van der Waals surface area contributed by atoms with Crippen LogP contribution in [-0.4, -0.2) is 21.2 Å². The van der Waals surface area contributed by atoms with Crippen molar-refractivity contribution < 1.29 is 9.13 Å². The van der Waals surface area contributed by atoms with Crippen LogP contribution in [0, 0.1) is 12.7 Å². The van der Waals surface area contributed by atoms with Crippen LogP contribution >= 0.6 is 0 Å². The van der Waals surface area contributed by atoms with E-state index >= 15 is 0 Å². The van der Waals surface area contributed by atoms with Gasteiger partial charge >= 0.3 is 0 Å². The Morgan fingerprint density at radius 3 is 2.62 bits per heavy atom. The number of hydrogen-bond donors (Lipinski definition) is 1. The Labute approximate surface area is 125 Å². The number of hydrogen-bond acceptors (Lipinski definition) is 3. The summed E-state index contributed by atoms with van der Waals surface area (Å²) in [6, 6.07) is 11.3. The zero-order valence-corrected chi connectivity index (χ0v) is 12.9. The number of nitrogens with one attached hydrogen (secondary N) is 1. The molecule has 0 atom stereocenters. The predicted molar refractivity (Wildman–Crippen MR) is 85.8 cm³/mol. The monoisotopic (exact) mass is 288 g/mol. The van der Waals surface area contributed by atoms with Crippen LogP contribution in [0.3, 0.4) is 0 Å². The van der Waals surface area contributed by atoms with Crippen molar-refractivity contribution in [3.63, 3.8) is 0 Å². The Morgan fingerprint density at radius 1 is 1.19 bits per heavy atom. The summed E-state index contributed by atoms with van der Waals surface area (Å²) < 4.78 is 19.1. The number of aryl methyl sites for hydroxylation is 1. The fourth-order valence-electron chi connectivity index (χ4n) is 2.25. The lowest BCUT2D eigenvalue weighted by Crippen LogP contribution is -2.11. The van der Waals surface area contributed by atoms with Gasteiger partial charge in [0, 0.05) is 37.6 Å². The summed E-state index contributed by atoms with van der Waals surface area (Å²) in [5.74, 6) is -0.0420. The number of benzene rings is 2. The molecule has 4 heteroatoms. The maximum Gasteiger partial charge on any atom is 0.170 e. The molecule has 0 fully saturated rings. The van der Waals surface area contributed by atoms with Crippen LogP contribution in [0.15, 0.2) is 36.4 Å². The fraction of sp³-hybridized carbons (Fsp3) is 0.294. The van der Waals surface area contributed by atoms with Crippen LogP contribution in [0.25, 0.3) is 0 Å². The van der Waals surface area contributed by atoms with Gasteiger partial charge in [-0.1, -0.05) is 18.2 Å². The smallest absolute Gasteiger partial charge is 0.170 e. The maximum atomic E-state index is 14.1. The SMILES string of the molecule is COc1cccc(CNc2ccc(C)c(N(C)C)c2)c1F. The molecule has 0 aliphatic carbocycles. The van der Waals surface area contributed by atoms with Crippen molar-refractivity contribution >= 4 is 11.4 Å². The minimum Gasteiger partial charge on any atom is -0.494 e. The van der Waals surface area contributed by atoms with E-state index in [2.05, 4.69) is 29.3 Å². The molecule has 0 heterocycles. The van der Waals surface area contributed by atoms with E-state index in [4.69, 9.17) is 4.74 Å². The molecule has 0 radical (unpaired) electrons. The van der Waals surface area contributed by atoms with Crippen molar-refractivity contribution in [2.75, 3.05) is 31.4 Å². The van der Waals surface area contributed by atoms with Crippen molar-refractivity contribution in [1.82, 2.24) is 0 Å². The first-order valence-corrected chi connectivity index (χ1v) is 6.86. The van der Waals surface area contributed by atoms with Gasteiger partial charge in [-0.3, -0.25) is 0 Å². The lowest BCUT2D eigenvalue weighted by molar-refractivity contribution is 0.384. The molecule has 2 aromatic carbocycles. The summed E-state index contributed by atoms with van der Waals surface area (Å²) in [5.41, 5.74) is 3.90. The topological polar surface area (TPSA) is 24.5 Å². The molecule has 0 amide bonds. The first kappa shape index (κ1) is 15.2. The van der Waals surface area contributed by atoms with Gasteiger partial charge in [0.1, 0.15) is 0 Å². The first-order chi connectivity index (χ1) is 10.0. The van der Waals surface area contributed by atoms with Crippen LogP contribution in [-0.2, 0) is 6.54 Å². The molecule has 0 saturated carbocycles. The van der Waals surface area contributed by atoms with E-state index in [1.54, 1.807) is 18.2 Å². The van der Waals surface area contributed by atoms with E-state index in [1.807, 2.05) is 20.2 Å². The summed E-state index contributed by atoms with van der Waals surface area (Å²) in [6.07, 6.45) is 0. The highest BCUT2D eigenvalue weighted by atomic mass is 19.1. The van der Waals surface area contributed by atoms with Crippen molar-refractivity contribution in [1.29, 1.82) is 0 Å². The van der Waals surface area contributed by atoms with Crippen molar-refractivity contribution in [3.8, 4) is 5.75 Å². The summed E-state index contributed by atoms with van der Waals surface area (Å²) in [7, 11) is 5.49. The molecule has 2 aromatic rings. The van der Waals surface area contributed by atoms with Gasteiger partial charge < -0.3 is 15.0 Å². The van der Waals surface area contributed by atoms with Gasteiger partial charge in [0.25, 0.3) is 0 Å². The highest BCUT2D eigenvalue weighted by Gasteiger charge is 2.08. The molecule has 0 aromatic heterocycles. The van der Waals surface area contributed by atoms with Gasteiger partial charge in [-0.2, -0.15) is 0 Å². The molecule has 0 spiro atoms. The summed E-state index contributed by atoms with van der Waals surface area (Å²) in [6.45, 7) is 2.49. The molecule has 0 saturated heterocycles. The third kappa shape index (κ3) is 3.45. The van der Waals surface area contributed by atoms with E-state index in [1.165, 1.54) is 12.7 Å². The summed E-state index contributed by atoms with van der Waals surface area (Å²) in [4.78, 5) is 2.06. The molecule has 0 unspecified atom stereocenters. The van der Waals surface area contributed by atoms with E-state index in [-0.39, 0.29) is 11.6 Å². The number of anilines is 2. The van der Waals surface area contributed by atoms with E-state index in [0.29, 0.717) is 12.1 Å². The number of rotatable bonds is 5. The standard InChI is InChI=1S/C17H21FN2O/c1-12-8-9-14(10-15(12)20(2)3)19-11-13-6-5-7-16(21-4)17(13)18/h5-10,19H,11H2,1-4H3. The van der Waals surface area contributed by atoms with Crippen molar-refractivity contribution in [2.45, 2.75) is 13.5 Å². The first-order valence-electron chi connectivity index (χ1n) is 6.86. The average molecular weight is 288 g/mol. The maximum absolute atomic E-state index is 14.1. The minimum atomic E-state index is -0.313. The fourth-order valence-corrected chi connectivity index (χ4v) is 2.25. The second kappa shape index (κ2) is 6.48. The number of halogens is 1. The molecule has 0 bridgehead atoms. The van der Waals surface area contributed by atoms with Crippen LogP contribution in [0.2, 0.25) is 0 Å². The second-order valence-electron chi connectivity index (χ2n) is 5.18. The zero-order valence-electron chi connectivity index (χ0n) is 12.9. The molecular weight excluding hydrogens is 267 g/mol. The Hall–Kier alpha value is -2.23. The van der Waals surface area contributed by atoms with Crippen LogP contribution < -0.4 is 15.0 Å². The lowest BCUT2D eigenvalue weighted by atomic mass is 10.1. The van der Waals surface area contributed by atoms with Gasteiger partial charge in [0.2, 0.25) is 0 Å². The predicted octanol–water partition coefficient (Wildman–Crippen LogP) is 3.82. The molecule has 2 rings (SSSR count). The summed E-state index contributed by atoms with van der Waals surface area (Å²) >= 11 is 0. The largest absolute Gasteiger partial charge is 0.494 e. The van der Waals surface area contributed by atoms with Gasteiger partial charge in [-0.05, 0) is 30.7 Å². The number of methoxy groups -OCH3 is 1. The molecule has 112 valence electrons. The highest BCUT2D eigenvalue weighted by molar-refractivity contribution is 5.62. The van der Waals surface area contributed by atoms with E-state index < -0.39 is 0 Å². The van der Waals surface area contributed by atoms with Crippen LogP contribution in [0.5, 0.6) is 5.75 Å². The third-order valence-electron chi connectivity index (χ3n) is 3.44. The lowest BCUT2D eigenvalue weighted by Gasteiger charge is -2.17. The molecule has 3 nitrogen and oxygen atoms in total. The Bertz CT molecular complexity index is 626. The molecule has 0 aliphatic heterocycles. The Balaban J connectivity index is 2.15. The van der Waals surface area contributed by atoms with Crippen LogP contribution in [0.4, 0.5) is 15.8 Å². The van der Waals surface area contributed by atoms with E-state index in [0.717, 1.165) is 11.4 Å². The number of ether oxygens (including phenoxy) is 1. The van der Waals surface area contributed by atoms with Crippen LogP contribution in [0.1, 0.15) is 11.1 Å². The van der Waals surface area contributed by atoms with Gasteiger partial charge in [-0.15, -0.1) is 0 Å². The Kier molecular flexibility index (Phi) is 4.68. The zero-order chi connectivity index (χ0) is 15.4. The van der Waals surface area contributed by atoms with Gasteiger partial charge in [0.05, 0.1) is 7.11 Å². The third-order valence-corrected chi connectivity index (χ3v) is 3.44. The molecule has 0 aliphatic rings. The normalized spacial score (nSPS) is 10.3. The summed E-state index contributed by atoms with van der Waals surface area (Å²) in [5, 5.41) is 3.25. The minimum absolute atomic E-state index is 0.271. The highest BCUT2D eigenvalue weighted by Crippen LogP contribution is 2.24. The van der Waals surface area contributed by atoms with E-state index in [9.17, 15) is 4.39 Å². The molecule has 1 N–H and O–H groups in total.